The third-order valence-electron chi connectivity index (χ3n) is 6.25. The summed E-state index contributed by atoms with van der Waals surface area (Å²) in [6.07, 6.45) is 0.178. The molecule has 39 heavy (non-hydrogen) atoms. The molecule has 2 aliphatic rings. The van der Waals surface area contributed by atoms with Crippen LogP contribution in [0.15, 0.2) is 98.8 Å². The molecule has 0 radical (unpaired) electrons. The molecule has 0 spiro atoms. The Morgan fingerprint density at radius 2 is 1.74 bits per heavy atom. The van der Waals surface area contributed by atoms with E-state index in [2.05, 4.69) is 21.2 Å². The Kier molecular flexibility index (Phi) is 8.64. The number of ether oxygens (including phenoxy) is 2. The molecule has 5 rings (SSSR count). The second-order valence-electron chi connectivity index (χ2n) is 8.85. The van der Waals surface area contributed by atoms with Gasteiger partial charge in [0.15, 0.2) is 0 Å². The largest absolute Gasteiger partial charge is 0.497 e. The molecule has 2 heterocycles. The van der Waals surface area contributed by atoms with Crippen LogP contribution in [0.1, 0.15) is 11.1 Å². The summed E-state index contributed by atoms with van der Waals surface area (Å²) in [4.78, 5) is 42.6. The van der Waals surface area contributed by atoms with E-state index in [4.69, 9.17) is 9.47 Å². The fourth-order valence-electron chi connectivity index (χ4n) is 4.26. The third-order valence-corrected chi connectivity index (χ3v) is 9.83. The van der Waals surface area contributed by atoms with Crippen molar-refractivity contribution >= 4 is 57.2 Å². The number of rotatable bonds is 9. The lowest BCUT2D eigenvalue weighted by atomic mass is 10.0. The van der Waals surface area contributed by atoms with Crippen molar-refractivity contribution in [3.63, 3.8) is 0 Å². The van der Waals surface area contributed by atoms with Gasteiger partial charge in [0.1, 0.15) is 29.5 Å². The van der Waals surface area contributed by atoms with Gasteiger partial charge in [0.05, 0.1) is 13.5 Å². The average molecular weight is 626 g/mol. The normalized spacial score (nSPS) is 18.2. The molecule has 3 aromatic carbocycles. The van der Waals surface area contributed by atoms with Crippen molar-refractivity contribution in [2.75, 3.05) is 12.9 Å². The predicted octanol–water partition coefficient (Wildman–Crippen LogP) is 5.15. The number of methoxy groups -OCH3 is 1. The van der Waals surface area contributed by atoms with Gasteiger partial charge in [-0.3, -0.25) is 14.5 Å². The van der Waals surface area contributed by atoms with Crippen LogP contribution in [0.3, 0.4) is 0 Å². The highest BCUT2D eigenvalue weighted by Crippen LogP contribution is 2.46. The minimum atomic E-state index is -0.703. The first-order valence-electron chi connectivity index (χ1n) is 12.2. The van der Waals surface area contributed by atoms with Gasteiger partial charge in [0, 0.05) is 20.0 Å². The minimum absolute atomic E-state index is 0.0520. The number of carbonyl (C=O) groups is 3. The lowest BCUT2D eigenvalue weighted by Gasteiger charge is -2.49. The number of benzene rings is 3. The zero-order valence-electron chi connectivity index (χ0n) is 21.0. The smallest absolute Gasteiger partial charge is 0.356 e. The van der Waals surface area contributed by atoms with Gasteiger partial charge in [-0.1, -0.05) is 66.4 Å². The number of nitrogens with one attached hydrogen (secondary N) is 1. The molecule has 1 N–H and O–H groups in total. The van der Waals surface area contributed by atoms with Crippen LogP contribution in [-0.2, 0) is 32.1 Å². The first-order valence-corrected chi connectivity index (χ1v) is 14.8. The topological polar surface area (TPSA) is 84.9 Å². The van der Waals surface area contributed by atoms with E-state index in [0.717, 1.165) is 25.4 Å². The molecule has 2 atom stereocenters. The van der Waals surface area contributed by atoms with Crippen LogP contribution in [0.2, 0.25) is 0 Å². The lowest BCUT2D eigenvalue weighted by Crippen LogP contribution is -2.70. The van der Waals surface area contributed by atoms with Crippen molar-refractivity contribution in [3.05, 3.63) is 105 Å². The Hall–Kier alpha value is -3.21. The highest BCUT2D eigenvalue weighted by Gasteiger charge is 2.54. The monoisotopic (exact) mass is 624 g/mol. The van der Waals surface area contributed by atoms with Crippen molar-refractivity contribution in [3.8, 4) is 5.75 Å². The van der Waals surface area contributed by atoms with Gasteiger partial charge in [-0.25, -0.2) is 4.79 Å². The summed E-state index contributed by atoms with van der Waals surface area (Å²) in [5.74, 6) is 0.0704. The van der Waals surface area contributed by atoms with Crippen LogP contribution in [0.4, 0.5) is 0 Å². The van der Waals surface area contributed by atoms with E-state index in [1.165, 1.54) is 28.4 Å². The van der Waals surface area contributed by atoms with Gasteiger partial charge in [0.2, 0.25) is 5.91 Å². The zero-order valence-corrected chi connectivity index (χ0v) is 24.2. The number of halogens is 1. The molecule has 2 aliphatic heterocycles. The molecule has 0 saturated carbocycles. The maximum Gasteiger partial charge on any atom is 0.356 e. The maximum atomic E-state index is 13.5. The summed E-state index contributed by atoms with van der Waals surface area (Å²) in [6, 6.07) is 23.6. The van der Waals surface area contributed by atoms with Crippen molar-refractivity contribution in [2.24, 2.45) is 0 Å². The standard InChI is InChI=1S/C29H25BrN2O5S2/c1-36-20-13-11-19(12-14-20)16-37-29(35)26-23(39-22-10-6-5-9-21(22)30)17-38-28-25(27(34)32(26)28)31-24(33)15-18-7-3-2-4-8-18/h2-14,25,28H,15-17H2,1H3,(H,31,33)/t25-,28-/m1/s1. The first-order chi connectivity index (χ1) is 18.9. The quantitative estimate of drug-likeness (QED) is 0.260. The highest BCUT2D eigenvalue weighted by molar-refractivity contribution is 9.10. The summed E-state index contributed by atoms with van der Waals surface area (Å²) >= 11 is 6.51. The van der Waals surface area contributed by atoms with E-state index in [9.17, 15) is 14.4 Å². The van der Waals surface area contributed by atoms with Crippen molar-refractivity contribution in [1.29, 1.82) is 0 Å². The number of carbonyl (C=O) groups excluding carboxylic acids is 3. The van der Waals surface area contributed by atoms with Gasteiger partial charge in [-0.15, -0.1) is 11.8 Å². The Bertz CT molecular complexity index is 1410. The number of thioether (sulfide) groups is 2. The Labute approximate surface area is 243 Å². The molecule has 10 heteroatoms. The molecule has 0 bridgehead atoms. The molecule has 0 unspecified atom stereocenters. The molecule has 1 fully saturated rings. The van der Waals surface area contributed by atoms with E-state index >= 15 is 0 Å². The highest BCUT2D eigenvalue weighted by atomic mass is 79.9. The zero-order chi connectivity index (χ0) is 27.4. The fourth-order valence-corrected chi connectivity index (χ4v) is 7.28. The number of esters is 1. The Balaban J connectivity index is 1.34. The summed E-state index contributed by atoms with van der Waals surface area (Å²) in [6.45, 7) is 0.0520. The summed E-state index contributed by atoms with van der Waals surface area (Å²) in [5.41, 5.74) is 1.89. The van der Waals surface area contributed by atoms with Gasteiger partial charge >= 0.3 is 5.97 Å². The average Bonchev–Trinajstić information content (AvgIpc) is 2.96. The Morgan fingerprint density at radius 1 is 1.03 bits per heavy atom. The van der Waals surface area contributed by atoms with E-state index in [1.807, 2.05) is 66.7 Å². The van der Waals surface area contributed by atoms with Crippen LogP contribution in [0.5, 0.6) is 5.75 Å². The van der Waals surface area contributed by atoms with Crippen LogP contribution in [-0.4, -0.2) is 47.0 Å². The number of nitrogens with zero attached hydrogens (tertiary/aromatic N) is 1. The number of hydrogen-bond donors (Lipinski definition) is 1. The van der Waals surface area contributed by atoms with E-state index in [0.29, 0.717) is 11.5 Å². The molecule has 0 aromatic heterocycles. The number of β-lactam (4-membered cyclic amide) rings is 1. The lowest BCUT2D eigenvalue weighted by molar-refractivity contribution is -0.153. The molecule has 3 aromatic rings. The number of hydrogen-bond acceptors (Lipinski definition) is 7. The second-order valence-corrected chi connectivity index (χ2v) is 11.9. The summed E-state index contributed by atoms with van der Waals surface area (Å²) < 4.78 is 11.8. The third kappa shape index (κ3) is 6.18. The molecule has 200 valence electrons. The fraction of sp³-hybridized carbons (Fsp3) is 0.207. The van der Waals surface area contributed by atoms with Crippen LogP contribution in [0, 0.1) is 0 Å². The predicted molar refractivity (Wildman–Crippen MR) is 155 cm³/mol. The number of amides is 2. The van der Waals surface area contributed by atoms with E-state index < -0.39 is 12.0 Å². The van der Waals surface area contributed by atoms with Crippen molar-refractivity contribution < 1.29 is 23.9 Å². The van der Waals surface area contributed by atoms with Crippen LogP contribution < -0.4 is 10.1 Å². The number of fused-ring (bicyclic) bond motifs is 1. The van der Waals surface area contributed by atoms with Gasteiger partial charge in [-0.2, -0.15) is 0 Å². The van der Waals surface area contributed by atoms with E-state index in [1.54, 1.807) is 19.2 Å². The SMILES string of the molecule is COc1ccc(COC(=O)C2=C(Sc3ccccc3Br)CS[C@@H]3[C@H](NC(=O)Cc4ccccc4)C(=O)N23)cc1. The molecular weight excluding hydrogens is 600 g/mol. The van der Waals surface area contributed by atoms with Gasteiger partial charge < -0.3 is 14.8 Å². The Morgan fingerprint density at radius 3 is 2.46 bits per heavy atom. The maximum absolute atomic E-state index is 13.5. The minimum Gasteiger partial charge on any atom is -0.497 e. The van der Waals surface area contributed by atoms with Crippen LogP contribution >= 0.6 is 39.5 Å². The molecule has 1 saturated heterocycles. The van der Waals surface area contributed by atoms with Gasteiger partial charge in [0.25, 0.3) is 5.91 Å². The molecule has 0 aliphatic carbocycles. The van der Waals surface area contributed by atoms with E-state index in [-0.39, 0.29) is 35.9 Å². The second kappa shape index (κ2) is 12.3. The summed E-state index contributed by atoms with van der Waals surface area (Å²) in [7, 11) is 1.59. The van der Waals surface area contributed by atoms with Crippen molar-refractivity contribution in [1.82, 2.24) is 10.2 Å². The van der Waals surface area contributed by atoms with Crippen LogP contribution in [0.25, 0.3) is 0 Å². The van der Waals surface area contributed by atoms with Crippen molar-refractivity contribution in [2.45, 2.75) is 29.3 Å². The summed E-state index contributed by atoms with van der Waals surface area (Å²) in [5, 5.41) is 2.48. The molecule has 7 nitrogen and oxygen atoms in total. The molecule has 2 amide bonds. The molecular formula is C29H25BrN2O5S2. The van der Waals surface area contributed by atoms with Gasteiger partial charge in [-0.05, 0) is 51.3 Å². The first kappa shape index (κ1) is 27.4.